The molecule has 8 nitrogen and oxygen atoms in total. The Labute approximate surface area is 179 Å². The molecule has 2 saturated heterocycles. The van der Waals surface area contributed by atoms with Crippen LogP contribution < -0.4 is 10.1 Å². The van der Waals surface area contributed by atoms with Crippen molar-refractivity contribution in [1.29, 1.82) is 0 Å². The highest BCUT2D eigenvalue weighted by Gasteiger charge is 2.30. The largest absolute Gasteiger partial charge is 0.477 e. The van der Waals surface area contributed by atoms with Gasteiger partial charge in [0.05, 0.1) is 13.2 Å². The maximum Gasteiger partial charge on any atom is 0.251 e. The molecule has 0 aliphatic carbocycles. The molecule has 1 atom stereocenters. The average Bonchev–Trinajstić information content (AvgIpc) is 3.32. The first-order chi connectivity index (χ1) is 14.7. The lowest BCUT2D eigenvalue weighted by atomic mass is 10.2. The molecule has 3 rings (SSSR count). The molecule has 1 aromatic heterocycles. The van der Waals surface area contributed by atoms with Gasteiger partial charge in [-0.05, 0) is 32.3 Å². The van der Waals surface area contributed by atoms with Gasteiger partial charge in [-0.15, -0.1) is 0 Å². The predicted octanol–water partition coefficient (Wildman–Crippen LogP) is 2.05. The zero-order valence-electron chi connectivity index (χ0n) is 18.3. The van der Waals surface area contributed by atoms with Crippen molar-refractivity contribution in [3.05, 3.63) is 23.9 Å². The first kappa shape index (κ1) is 22.3. The maximum atomic E-state index is 12.6. The summed E-state index contributed by atoms with van der Waals surface area (Å²) in [6.07, 6.45) is 5.44. The van der Waals surface area contributed by atoms with Crippen molar-refractivity contribution in [1.82, 2.24) is 20.1 Å². The smallest absolute Gasteiger partial charge is 0.251 e. The fraction of sp³-hybridized carbons (Fsp3) is 0.682. The molecule has 1 aromatic rings. The number of carbonyl (C=O) groups excluding carboxylic acids is 1. The van der Waals surface area contributed by atoms with Crippen molar-refractivity contribution in [2.45, 2.75) is 52.2 Å². The second-order valence-corrected chi connectivity index (χ2v) is 7.65. The highest BCUT2D eigenvalue weighted by Crippen LogP contribution is 2.18. The number of guanidine groups is 1. The summed E-state index contributed by atoms with van der Waals surface area (Å²) in [5, 5.41) is 3.38. The number of nitrogens with one attached hydrogen (secondary N) is 1. The number of hydrogen-bond donors (Lipinski definition) is 1. The van der Waals surface area contributed by atoms with Gasteiger partial charge in [-0.2, -0.15) is 0 Å². The van der Waals surface area contributed by atoms with Crippen LogP contribution in [-0.2, 0) is 16.1 Å². The first-order valence-corrected chi connectivity index (χ1v) is 11.2. The van der Waals surface area contributed by atoms with Crippen molar-refractivity contribution in [2.24, 2.45) is 4.99 Å². The third-order valence-corrected chi connectivity index (χ3v) is 5.42. The molecule has 0 aromatic carbocycles. The number of unbranched alkanes of at least 4 members (excludes halogenated alkanes) is 1. The van der Waals surface area contributed by atoms with Gasteiger partial charge in [-0.1, -0.05) is 19.4 Å². The summed E-state index contributed by atoms with van der Waals surface area (Å²) in [5.74, 6) is 1.67. The van der Waals surface area contributed by atoms with E-state index < -0.39 is 0 Å². The Morgan fingerprint density at radius 1 is 1.30 bits per heavy atom. The molecular weight excluding hydrogens is 382 g/mol. The number of pyridine rings is 1. The molecule has 8 heteroatoms. The summed E-state index contributed by atoms with van der Waals surface area (Å²) in [6, 6.07) is 3.93. The average molecular weight is 418 g/mol. The van der Waals surface area contributed by atoms with E-state index in [0.29, 0.717) is 38.7 Å². The van der Waals surface area contributed by atoms with E-state index >= 15 is 0 Å². The second kappa shape index (κ2) is 11.7. The van der Waals surface area contributed by atoms with Crippen LogP contribution in [0.25, 0.3) is 0 Å². The second-order valence-electron chi connectivity index (χ2n) is 7.65. The van der Waals surface area contributed by atoms with Crippen molar-refractivity contribution in [3.63, 3.8) is 0 Å². The van der Waals surface area contributed by atoms with Crippen LogP contribution >= 0.6 is 0 Å². The lowest BCUT2D eigenvalue weighted by Gasteiger charge is -2.37. The Kier molecular flexibility index (Phi) is 8.74. The SMILES string of the molecule is CCCCOc1ncccc1CN=C(NCC)N1CCN(C(=O)C2CCCO2)CC1. The number of carbonyl (C=O) groups is 1. The zero-order valence-corrected chi connectivity index (χ0v) is 18.3. The lowest BCUT2D eigenvalue weighted by molar-refractivity contribution is -0.142. The van der Waals surface area contributed by atoms with Gasteiger partial charge in [0, 0.05) is 51.1 Å². The van der Waals surface area contributed by atoms with Gasteiger partial charge >= 0.3 is 0 Å². The summed E-state index contributed by atoms with van der Waals surface area (Å²) in [7, 11) is 0. The van der Waals surface area contributed by atoms with E-state index in [1.807, 2.05) is 17.0 Å². The number of nitrogens with zero attached hydrogens (tertiary/aromatic N) is 4. The fourth-order valence-corrected chi connectivity index (χ4v) is 3.69. The van der Waals surface area contributed by atoms with Crippen LogP contribution in [-0.4, -0.2) is 78.7 Å². The zero-order chi connectivity index (χ0) is 21.2. The van der Waals surface area contributed by atoms with Gasteiger partial charge in [-0.3, -0.25) is 4.79 Å². The molecule has 1 amide bonds. The van der Waals surface area contributed by atoms with E-state index in [1.54, 1.807) is 6.20 Å². The van der Waals surface area contributed by atoms with Gasteiger partial charge in [0.2, 0.25) is 5.88 Å². The molecule has 0 spiro atoms. The highest BCUT2D eigenvalue weighted by molar-refractivity contribution is 5.82. The van der Waals surface area contributed by atoms with E-state index in [0.717, 1.165) is 56.8 Å². The van der Waals surface area contributed by atoms with Crippen LogP contribution in [0, 0.1) is 0 Å². The minimum Gasteiger partial charge on any atom is -0.477 e. The lowest BCUT2D eigenvalue weighted by Crippen LogP contribution is -2.55. The Hall–Kier alpha value is -2.35. The number of hydrogen-bond acceptors (Lipinski definition) is 5. The minimum absolute atomic E-state index is 0.137. The molecule has 30 heavy (non-hydrogen) atoms. The topological polar surface area (TPSA) is 79.3 Å². The number of piperazine rings is 1. The van der Waals surface area contributed by atoms with Crippen molar-refractivity contribution >= 4 is 11.9 Å². The van der Waals surface area contributed by atoms with Crippen LogP contribution in [0.4, 0.5) is 0 Å². The minimum atomic E-state index is -0.241. The molecule has 2 aliphatic rings. The fourth-order valence-electron chi connectivity index (χ4n) is 3.69. The van der Waals surface area contributed by atoms with Crippen LogP contribution in [0.5, 0.6) is 5.88 Å². The van der Waals surface area contributed by atoms with Crippen molar-refractivity contribution in [2.75, 3.05) is 45.9 Å². The van der Waals surface area contributed by atoms with E-state index in [1.165, 1.54) is 0 Å². The molecule has 3 heterocycles. The van der Waals surface area contributed by atoms with Gasteiger partial charge in [0.1, 0.15) is 6.10 Å². The van der Waals surface area contributed by atoms with Gasteiger partial charge in [0.15, 0.2) is 5.96 Å². The number of aromatic nitrogens is 1. The highest BCUT2D eigenvalue weighted by atomic mass is 16.5. The normalized spacial score (nSPS) is 19.8. The molecule has 2 aliphatic heterocycles. The molecule has 1 N–H and O–H groups in total. The first-order valence-electron chi connectivity index (χ1n) is 11.2. The summed E-state index contributed by atoms with van der Waals surface area (Å²) < 4.78 is 11.4. The van der Waals surface area contributed by atoms with E-state index in [9.17, 15) is 4.79 Å². The number of amides is 1. The Morgan fingerprint density at radius 3 is 2.80 bits per heavy atom. The maximum absolute atomic E-state index is 12.6. The summed E-state index contributed by atoms with van der Waals surface area (Å²) >= 11 is 0. The number of ether oxygens (including phenoxy) is 2. The van der Waals surface area contributed by atoms with E-state index in [4.69, 9.17) is 14.5 Å². The van der Waals surface area contributed by atoms with Gasteiger partial charge < -0.3 is 24.6 Å². The van der Waals surface area contributed by atoms with Crippen LogP contribution in [0.3, 0.4) is 0 Å². The molecule has 0 saturated carbocycles. The van der Waals surface area contributed by atoms with Crippen molar-refractivity contribution < 1.29 is 14.3 Å². The third-order valence-electron chi connectivity index (χ3n) is 5.42. The Morgan fingerprint density at radius 2 is 2.10 bits per heavy atom. The van der Waals surface area contributed by atoms with Crippen LogP contribution in [0.2, 0.25) is 0 Å². The molecule has 0 bridgehead atoms. The van der Waals surface area contributed by atoms with Crippen LogP contribution in [0.15, 0.2) is 23.3 Å². The van der Waals surface area contributed by atoms with Gasteiger partial charge in [0.25, 0.3) is 5.91 Å². The van der Waals surface area contributed by atoms with E-state index in [2.05, 4.69) is 29.0 Å². The van der Waals surface area contributed by atoms with Crippen LogP contribution in [0.1, 0.15) is 45.1 Å². The predicted molar refractivity (Wildman–Crippen MR) is 117 cm³/mol. The molecule has 2 fully saturated rings. The monoisotopic (exact) mass is 417 g/mol. The molecular formula is C22H35N5O3. The third kappa shape index (κ3) is 6.08. The van der Waals surface area contributed by atoms with Crippen molar-refractivity contribution in [3.8, 4) is 5.88 Å². The molecule has 166 valence electrons. The summed E-state index contributed by atoms with van der Waals surface area (Å²) in [6.45, 7) is 9.79. The molecule has 1 unspecified atom stereocenters. The Balaban J connectivity index is 1.58. The quantitative estimate of drug-likeness (QED) is 0.396. The standard InChI is InChI=1S/C22H35N5O3/c1-3-5-15-30-20-18(8-6-10-24-20)17-25-22(23-4-2)27-13-11-26(12-14-27)21(28)19-9-7-16-29-19/h6,8,10,19H,3-5,7,9,11-17H2,1-2H3,(H,23,25). The Bertz CT molecular complexity index is 698. The number of aliphatic imine (C=N–C) groups is 1. The van der Waals surface area contributed by atoms with E-state index in [-0.39, 0.29) is 12.0 Å². The number of rotatable bonds is 8. The molecule has 0 radical (unpaired) electrons. The summed E-state index contributed by atoms with van der Waals surface area (Å²) in [5.41, 5.74) is 0.983. The summed E-state index contributed by atoms with van der Waals surface area (Å²) in [4.78, 5) is 25.9. The van der Waals surface area contributed by atoms with Gasteiger partial charge in [-0.25, -0.2) is 9.98 Å².